The van der Waals surface area contributed by atoms with E-state index in [1.165, 1.54) is 18.3 Å². The first-order chi connectivity index (χ1) is 12.5. The number of hydrogen-bond donors (Lipinski definition) is 0. The van der Waals surface area contributed by atoms with Crippen LogP contribution >= 0.6 is 22.9 Å². The van der Waals surface area contributed by atoms with E-state index in [2.05, 4.69) is 6.58 Å². The van der Waals surface area contributed by atoms with Gasteiger partial charge in [0.05, 0.1) is 23.1 Å². The highest BCUT2D eigenvalue weighted by molar-refractivity contribution is 7.16. The smallest absolute Gasteiger partial charge is 0.266 e. The molecule has 1 aromatic heterocycles. The number of nitrogens with zero attached hydrogens (tertiary/aromatic N) is 2. The van der Waals surface area contributed by atoms with Gasteiger partial charge in [-0.25, -0.2) is 0 Å². The molecule has 0 unspecified atom stereocenters. The zero-order valence-electron chi connectivity index (χ0n) is 14.4. The number of hydrogen-bond acceptors (Lipinski definition) is 4. The second kappa shape index (κ2) is 7.93. The van der Waals surface area contributed by atoms with Crippen LogP contribution in [-0.4, -0.2) is 35.9 Å². The van der Waals surface area contributed by atoms with Crippen molar-refractivity contribution < 1.29 is 14.3 Å². The van der Waals surface area contributed by atoms with Crippen molar-refractivity contribution in [3.05, 3.63) is 58.3 Å². The van der Waals surface area contributed by atoms with Crippen LogP contribution in [0.3, 0.4) is 0 Å². The van der Waals surface area contributed by atoms with Gasteiger partial charge >= 0.3 is 0 Å². The van der Waals surface area contributed by atoms with E-state index >= 15 is 0 Å². The molecule has 0 bridgehead atoms. The molecule has 1 aliphatic rings. The van der Waals surface area contributed by atoms with Crippen molar-refractivity contribution in [3.63, 3.8) is 0 Å². The van der Waals surface area contributed by atoms with Gasteiger partial charge in [0.2, 0.25) is 5.91 Å². The van der Waals surface area contributed by atoms with Crippen LogP contribution in [0.4, 0.5) is 5.69 Å². The fourth-order valence-corrected chi connectivity index (χ4v) is 3.98. The van der Waals surface area contributed by atoms with Crippen molar-refractivity contribution in [2.45, 2.75) is 19.6 Å². The van der Waals surface area contributed by atoms with Crippen LogP contribution in [0.25, 0.3) is 0 Å². The molecular formula is C19H19ClN2O3S. The van der Waals surface area contributed by atoms with Crippen molar-refractivity contribution in [3.8, 4) is 5.75 Å². The molecule has 0 aliphatic carbocycles. The molecule has 0 radical (unpaired) electrons. The molecule has 3 rings (SSSR count). The molecule has 2 amide bonds. The Bertz CT molecular complexity index is 836. The molecule has 26 heavy (non-hydrogen) atoms. The molecule has 1 aromatic carbocycles. The van der Waals surface area contributed by atoms with Crippen LogP contribution in [0.15, 0.2) is 49.1 Å². The lowest BCUT2D eigenvalue weighted by atomic mass is 10.1. The third-order valence-electron chi connectivity index (χ3n) is 4.07. The maximum absolute atomic E-state index is 13.1. The monoisotopic (exact) mass is 390 g/mol. The molecule has 0 saturated heterocycles. The molecule has 0 N–H and O–H groups in total. The molecule has 1 atom stereocenters. The van der Waals surface area contributed by atoms with Gasteiger partial charge in [-0.3, -0.25) is 9.59 Å². The van der Waals surface area contributed by atoms with Gasteiger partial charge in [-0.2, -0.15) is 0 Å². The van der Waals surface area contributed by atoms with Crippen LogP contribution in [0.1, 0.15) is 11.8 Å². The number of rotatable bonds is 5. The summed E-state index contributed by atoms with van der Waals surface area (Å²) in [6.07, 6.45) is 0.913. The van der Waals surface area contributed by atoms with E-state index in [9.17, 15) is 9.59 Å². The number of benzene rings is 1. The van der Waals surface area contributed by atoms with Gasteiger partial charge in [-0.15, -0.1) is 17.9 Å². The van der Waals surface area contributed by atoms with Crippen molar-refractivity contribution in [2.75, 3.05) is 18.0 Å². The summed E-state index contributed by atoms with van der Waals surface area (Å²) in [7, 11) is 0. The predicted octanol–water partition coefficient (Wildman–Crippen LogP) is 3.73. The highest BCUT2D eigenvalue weighted by Gasteiger charge is 2.34. The fourth-order valence-electron chi connectivity index (χ4n) is 2.88. The summed E-state index contributed by atoms with van der Waals surface area (Å²) < 4.78 is 6.58. The maximum atomic E-state index is 13.1. The maximum Gasteiger partial charge on any atom is 0.266 e. The number of carbonyl (C=O) groups is 2. The Balaban J connectivity index is 1.82. The molecule has 0 saturated carbocycles. The highest BCUT2D eigenvalue weighted by atomic mass is 35.5. The molecule has 0 spiro atoms. The van der Waals surface area contributed by atoms with Gasteiger partial charge in [-0.1, -0.05) is 29.8 Å². The molecule has 136 valence electrons. The summed E-state index contributed by atoms with van der Waals surface area (Å²) in [6, 6.07) is 10.9. The van der Waals surface area contributed by atoms with E-state index in [0.29, 0.717) is 28.9 Å². The Labute approximate surface area is 161 Å². The average molecular weight is 391 g/mol. The number of ether oxygens (including phenoxy) is 1. The topological polar surface area (TPSA) is 49.9 Å². The molecular weight excluding hydrogens is 372 g/mol. The van der Waals surface area contributed by atoms with Crippen LogP contribution < -0.4 is 9.64 Å². The highest BCUT2D eigenvalue weighted by Crippen LogP contribution is 2.33. The van der Waals surface area contributed by atoms with Gasteiger partial charge in [0.25, 0.3) is 5.91 Å². The minimum absolute atomic E-state index is 0.126. The minimum atomic E-state index is -0.760. The number of halogens is 1. The molecule has 2 heterocycles. The first-order valence-corrected chi connectivity index (χ1v) is 9.36. The third-order valence-corrected chi connectivity index (χ3v) is 5.28. The molecule has 2 aromatic rings. The number of carbonyl (C=O) groups excluding carboxylic acids is 2. The van der Waals surface area contributed by atoms with E-state index in [1.807, 2.05) is 30.3 Å². The summed E-state index contributed by atoms with van der Waals surface area (Å²) in [5.74, 6) is 0.221. The summed E-state index contributed by atoms with van der Waals surface area (Å²) in [5.41, 5.74) is 0.685. The lowest BCUT2D eigenvalue weighted by Gasteiger charge is -2.35. The van der Waals surface area contributed by atoms with Crippen LogP contribution in [-0.2, 0) is 16.1 Å². The first kappa shape index (κ1) is 18.5. The summed E-state index contributed by atoms with van der Waals surface area (Å²) in [6.45, 7) is 6.21. The number of anilines is 1. The average Bonchev–Trinajstić information content (AvgIpc) is 3.04. The molecule has 0 fully saturated rings. The predicted molar refractivity (Wildman–Crippen MR) is 104 cm³/mol. The standard InChI is InChI=1S/C19H19ClN2O3S/c1-3-10-21(11-14-8-9-18(20)26-14)19(24)17-12-22(13(2)23)15-6-4-5-7-16(15)25-17/h3-9,17H,1,10-12H2,2H3/t17-/m1/s1. The Morgan fingerprint density at radius 2 is 2.15 bits per heavy atom. The minimum Gasteiger partial charge on any atom is -0.476 e. The Morgan fingerprint density at radius 3 is 2.81 bits per heavy atom. The third kappa shape index (κ3) is 3.92. The lowest BCUT2D eigenvalue weighted by molar-refractivity contribution is -0.138. The number of fused-ring (bicyclic) bond motifs is 1. The Hall–Kier alpha value is -2.31. The first-order valence-electron chi connectivity index (χ1n) is 8.17. The fraction of sp³-hybridized carbons (Fsp3) is 0.263. The van der Waals surface area contributed by atoms with Gasteiger partial charge in [0.15, 0.2) is 6.10 Å². The molecule has 1 aliphatic heterocycles. The summed E-state index contributed by atoms with van der Waals surface area (Å²) in [4.78, 5) is 29.3. The number of thiophene rings is 1. The summed E-state index contributed by atoms with van der Waals surface area (Å²) in [5, 5.41) is 0. The zero-order chi connectivity index (χ0) is 18.7. The number of para-hydroxylation sites is 2. The van der Waals surface area contributed by atoms with E-state index in [1.54, 1.807) is 21.9 Å². The van der Waals surface area contributed by atoms with Gasteiger partial charge in [0, 0.05) is 18.3 Å². The van der Waals surface area contributed by atoms with Gasteiger partial charge < -0.3 is 14.5 Å². The Kier molecular flexibility index (Phi) is 5.64. The van der Waals surface area contributed by atoms with E-state index in [-0.39, 0.29) is 18.4 Å². The normalized spacial score (nSPS) is 15.8. The lowest BCUT2D eigenvalue weighted by Crippen LogP contribution is -2.51. The number of amides is 2. The van der Waals surface area contributed by atoms with E-state index < -0.39 is 6.10 Å². The second-order valence-corrected chi connectivity index (χ2v) is 7.72. The van der Waals surface area contributed by atoms with Crippen molar-refractivity contribution >= 4 is 40.4 Å². The van der Waals surface area contributed by atoms with Gasteiger partial charge in [-0.05, 0) is 24.3 Å². The van der Waals surface area contributed by atoms with Crippen LogP contribution in [0.5, 0.6) is 5.75 Å². The van der Waals surface area contributed by atoms with Crippen molar-refractivity contribution in [1.82, 2.24) is 4.90 Å². The van der Waals surface area contributed by atoms with E-state index in [4.69, 9.17) is 16.3 Å². The van der Waals surface area contributed by atoms with E-state index in [0.717, 1.165) is 4.88 Å². The Morgan fingerprint density at radius 1 is 1.38 bits per heavy atom. The van der Waals surface area contributed by atoms with Crippen LogP contribution in [0, 0.1) is 0 Å². The van der Waals surface area contributed by atoms with Crippen LogP contribution in [0.2, 0.25) is 4.34 Å². The summed E-state index contributed by atoms with van der Waals surface area (Å²) >= 11 is 7.42. The molecule has 5 nitrogen and oxygen atoms in total. The SMILES string of the molecule is C=CCN(Cc1ccc(Cl)s1)C(=O)[C@H]1CN(C(C)=O)c2ccccc2O1. The molecule has 7 heteroatoms. The van der Waals surface area contributed by atoms with Gasteiger partial charge in [0.1, 0.15) is 5.75 Å². The van der Waals surface area contributed by atoms with Crippen molar-refractivity contribution in [2.24, 2.45) is 0 Å². The second-order valence-electron chi connectivity index (χ2n) is 5.92. The van der Waals surface area contributed by atoms with Crippen molar-refractivity contribution in [1.29, 1.82) is 0 Å². The quantitative estimate of drug-likeness (QED) is 0.731. The zero-order valence-corrected chi connectivity index (χ0v) is 15.9. The largest absolute Gasteiger partial charge is 0.476 e.